The van der Waals surface area contributed by atoms with Gasteiger partial charge in [0.05, 0.1) is 17.9 Å². The Morgan fingerprint density at radius 3 is 2.68 bits per heavy atom. The molecule has 0 radical (unpaired) electrons. The molecular weight excluding hydrogens is 280 g/mol. The summed E-state index contributed by atoms with van der Waals surface area (Å²) in [4.78, 5) is 12.3. The van der Waals surface area contributed by atoms with Crippen molar-refractivity contribution in [3.8, 4) is 11.8 Å². The van der Waals surface area contributed by atoms with E-state index < -0.39 is 5.60 Å². The highest BCUT2D eigenvalue weighted by Gasteiger charge is 2.31. The van der Waals surface area contributed by atoms with Gasteiger partial charge >= 0.3 is 0 Å². The zero-order chi connectivity index (χ0) is 16.6. The Balaban J connectivity index is 2.88. The Hall–Kier alpha value is -2.06. The summed E-state index contributed by atoms with van der Waals surface area (Å²) in [6.45, 7) is 6.30. The van der Waals surface area contributed by atoms with E-state index in [0.29, 0.717) is 30.0 Å². The van der Waals surface area contributed by atoms with Crippen LogP contribution in [-0.4, -0.2) is 25.2 Å². The number of nitrogens with one attached hydrogen (secondary N) is 1. The summed E-state index contributed by atoms with van der Waals surface area (Å²) in [7, 11) is 1.50. The first-order valence-electron chi connectivity index (χ1n) is 7.54. The van der Waals surface area contributed by atoms with Crippen molar-refractivity contribution >= 4 is 11.6 Å². The number of anilines is 1. The van der Waals surface area contributed by atoms with Crippen molar-refractivity contribution in [3.05, 3.63) is 23.8 Å². The number of hydrogen-bond donors (Lipinski definition) is 1. The normalized spacial score (nSPS) is 13.0. The van der Waals surface area contributed by atoms with Crippen molar-refractivity contribution in [2.24, 2.45) is 0 Å². The predicted octanol–water partition coefficient (Wildman–Crippen LogP) is 3.49. The van der Waals surface area contributed by atoms with Gasteiger partial charge in [0.1, 0.15) is 17.4 Å². The van der Waals surface area contributed by atoms with E-state index in [9.17, 15) is 10.1 Å². The van der Waals surface area contributed by atoms with Crippen LogP contribution in [0, 0.1) is 11.3 Å². The van der Waals surface area contributed by atoms with Crippen LogP contribution in [0.5, 0.6) is 5.75 Å². The Labute approximate surface area is 132 Å². The van der Waals surface area contributed by atoms with Crippen molar-refractivity contribution < 1.29 is 14.3 Å². The fraction of sp³-hybridized carbons (Fsp3) is 0.529. The molecule has 0 saturated heterocycles. The van der Waals surface area contributed by atoms with E-state index in [0.717, 1.165) is 12.8 Å². The van der Waals surface area contributed by atoms with Gasteiger partial charge in [-0.1, -0.05) is 20.3 Å². The third-order valence-corrected chi connectivity index (χ3v) is 3.73. The number of carbonyl (C=O) groups excluding carboxylic acids is 1. The number of benzene rings is 1. The van der Waals surface area contributed by atoms with Crippen LogP contribution in [-0.2, 0) is 9.53 Å². The van der Waals surface area contributed by atoms with Gasteiger partial charge in [-0.2, -0.15) is 5.26 Å². The lowest BCUT2D eigenvalue weighted by Crippen LogP contribution is -2.41. The average Bonchev–Trinajstić information content (AvgIpc) is 2.55. The highest BCUT2D eigenvalue weighted by atomic mass is 16.5. The topological polar surface area (TPSA) is 71.3 Å². The molecule has 0 fully saturated rings. The minimum absolute atomic E-state index is 0.270. The van der Waals surface area contributed by atoms with Gasteiger partial charge in [-0.25, -0.2) is 0 Å². The van der Waals surface area contributed by atoms with Crippen molar-refractivity contribution in [1.82, 2.24) is 0 Å². The lowest BCUT2D eigenvalue weighted by atomic mass is 10.0. The summed E-state index contributed by atoms with van der Waals surface area (Å²) >= 11 is 0. The zero-order valence-electron chi connectivity index (χ0n) is 13.7. The van der Waals surface area contributed by atoms with Crippen LogP contribution in [0.3, 0.4) is 0 Å². The van der Waals surface area contributed by atoms with Crippen molar-refractivity contribution in [2.75, 3.05) is 19.0 Å². The van der Waals surface area contributed by atoms with E-state index in [4.69, 9.17) is 9.47 Å². The number of nitriles is 1. The fourth-order valence-electron chi connectivity index (χ4n) is 1.80. The molecule has 1 atom stereocenters. The van der Waals surface area contributed by atoms with Gasteiger partial charge in [0.25, 0.3) is 5.91 Å². The van der Waals surface area contributed by atoms with Crippen LogP contribution < -0.4 is 10.1 Å². The van der Waals surface area contributed by atoms with E-state index in [2.05, 4.69) is 18.3 Å². The first kappa shape index (κ1) is 18.0. The molecule has 1 aromatic rings. The maximum atomic E-state index is 12.3. The van der Waals surface area contributed by atoms with Gasteiger partial charge in [-0.05, 0) is 38.0 Å². The molecule has 5 heteroatoms. The number of nitrogens with zero attached hydrogens (tertiary/aromatic N) is 1. The summed E-state index contributed by atoms with van der Waals surface area (Å²) in [6.07, 6.45) is 2.55. The SMILES string of the molecule is CCCCOc1ccc(NC(=O)[C@](C)(CC)OC)c(C#N)c1. The minimum atomic E-state index is -0.914. The molecule has 0 aliphatic heterocycles. The Morgan fingerprint density at radius 2 is 2.14 bits per heavy atom. The summed E-state index contributed by atoms with van der Waals surface area (Å²) < 4.78 is 10.8. The van der Waals surface area contributed by atoms with Crippen LogP contribution in [0.4, 0.5) is 5.69 Å². The molecule has 1 aromatic carbocycles. The number of methoxy groups -OCH3 is 1. The van der Waals surface area contributed by atoms with Gasteiger partial charge < -0.3 is 14.8 Å². The van der Waals surface area contributed by atoms with E-state index in [1.807, 2.05) is 6.92 Å². The molecule has 0 bridgehead atoms. The maximum absolute atomic E-state index is 12.3. The molecule has 0 aliphatic rings. The Kier molecular flexibility index (Phi) is 6.87. The molecule has 0 saturated carbocycles. The smallest absolute Gasteiger partial charge is 0.256 e. The lowest BCUT2D eigenvalue weighted by Gasteiger charge is -2.25. The summed E-state index contributed by atoms with van der Waals surface area (Å²) in [6, 6.07) is 7.16. The quantitative estimate of drug-likeness (QED) is 0.746. The molecule has 0 aliphatic carbocycles. The Bertz CT molecular complexity index is 545. The number of amides is 1. The van der Waals surface area contributed by atoms with E-state index in [1.54, 1.807) is 25.1 Å². The lowest BCUT2D eigenvalue weighted by molar-refractivity contribution is -0.136. The largest absolute Gasteiger partial charge is 0.494 e. The van der Waals surface area contributed by atoms with Gasteiger partial charge in [0.2, 0.25) is 0 Å². The molecule has 0 aromatic heterocycles. The van der Waals surface area contributed by atoms with Crippen LogP contribution in [0.1, 0.15) is 45.6 Å². The molecule has 1 rings (SSSR count). The van der Waals surface area contributed by atoms with Crippen LogP contribution in [0.15, 0.2) is 18.2 Å². The van der Waals surface area contributed by atoms with E-state index in [1.165, 1.54) is 7.11 Å². The highest BCUT2D eigenvalue weighted by Crippen LogP contribution is 2.24. The molecule has 0 spiro atoms. The van der Waals surface area contributed by atoms with Crippen LogP contribution >= 0.6 is 0 Å². The molecule has 22 heavy (non-hydrogen) atoms. The van der Waals surface area contributed by atoms with Crippen molar-refractivity contribution in [2.45, 2.75) is 45.6 Å². The first-order chi connectivity index (χ1) is 10.5. The second-order valence-corrected chi connectivity index (χ2v) is 5.26. The molecule has 120 valence electrons. The molecule has 0 heterocycles. The summed E-state index contributed by atoms with van der Waals surface area (Å²) in [5.74, 6) is 0.363. The van der Waals surface area contributed by atoms with Gasteiger partial charge in [-0.3, -0.25) is 4.79 Å². The number of carbonyl (C=O) groups is 1. The average molecular weight is 304 g/mol. The molecule has 1 N–H and O–H groups in total. The number of ether oxygens (including phenoxy) is 2. The van der Waals surface area contributed by atoms with Gasteiger partial charge in [0, 0.05) is 7.11 Å². The molecule has 1 amide bonds. The molecule has 5 nitrogen and oxygen atoms in total. The second kappa shape index (κ2) is 8.40. The number of unbranched alkanes of at least 4 members (excludes halogenated alkanes) is 1. The minimum Gasteiger partial charge on any atom is -0.494 e. The van der Waals surface area contributed by atoms with Crippen LogP contribution in [0.2, 0.25) is 0 Å². The predicted molar refractivity (Wildman–Crippen MR) is 85.9 cm³/mol. The van der Waals surface area contributed by atoms with Gasteiger partial charge in [0.15, 0.2) is 0 Å². The monoisotopic (exact) mass is 304 g/mol. The van der Waals surface area contributed by atoms with E-state index >= 15 is 0 Å². The number of hydrogen-bond acceptors (Lipinski definition) is 4. The van der Waals surface area contributed by atoms with Crippen molar-refractivity contribution in [3.63, 3.8) is 0 Å². The third kappa shape index (κ3) is 4.47. The molecule has 0 unspecified atom stereocenters. The zero-order valence-corrected chi connectivity index (χ0v) is 13.7. The molecular formula is C17H24N2O3. The third-order valence-electron chi connectivity index (χ3n) is 3.73. The van der Waals surface area contributed by atoms with E-state index in [-0.39, 0.29) is 5.91 Å². The summed E-state index contributed by atoms with van der Waals surface area (Å²) in [5.41, 5.74) is -0.0767. The Morgan fingerprint density at radius 1 is 1.41 bits per heavy atom. The standard InChI is InChI=1S/C17H24N2O3/c1-5-7-10-22-14-8-9-15(13(11-14)12-18)19-16(20)17(3,6-2)21-4/h8-9,11H,5-7,10H2,1-4H3,(H,19,20)/t17-/m0/s1. The fourth-order valence-corrected chi connectivity index (χ4v) is 1.80. The number of rotatable bonds is 8. The maximum Gasteiger partial charge on any atom is 0.256 e. The summed E-state index contributed by atoms with van der Waals surface area (Å²) in [5, 5.41) is 12.0. The van der Waals surface area contributed by atoms with Gasteiger partial charge in [-0.15, -0.1) is 0 Å². The first-order valence-corrected chi connectivity index (χ1v) is 7.54. The highest BCUT2D eigenvalue weighted by molar-refractivity contribution is 5.98. The van der Waals surface area contributed by atoms with Crippen molar-refractivity contribution in [1.29, 1.82) is 5.26 Å². The van der Waals surface area contributed by atoms with Crippen LogP contribution in [0.25, 0.3) is 0 Å². The second-order valence-electron chi connectivity index (χ2n) is 5.26.